The fourth-order valence-corrected chi connectivity index (χ4v) is 3.41. The summed E-state index contributed by atoms with van der Waals surface area (Å²) in [5.74, 6) is 0.435. The maximum atomic E-state index is 12.4. The fraction of sp³-hybridized carbons (Fsp3) is 0.200. The predicted octanol–water partition coefficient (Wildman–Crippen LogP) is 4.96. The Morgan fingerprint density at radius 1 is 1.24 bits per heavy atom. The summed E-state index contributed by atoms with van der Waals surface area (Å²) >= 11 is 1.34. The highest BCUT2D eigenvalue weighted by atomic mass is 32.1. The first-order valence-electron chi connectivity index (χ1n) is 8.63. The van der Waals surface area contributed by atoms with Gasteiger partial charge < -0.3 is 14.2 Å². The van der Waals surface area contributed by atoms with Crippen molar-refractivity contribution >= 4 is 38.7 Å². The number of rotatable bonds is 8. The van der Waals surface area contributed by atoms with Crippen LogP contribution in [0.1, 0.15) is 12.5 Å². The van der Waals surface area contributed by atoms with Gasteiger partial charge >= 0.3 is 6.61 Å². The van der Waals surface area contributed by atoms with Crippen molar-refractivity contribution in [2.75, 3.05) is 19.0 Å². The molecule has 3 rings (SSSR count). The molecule has 0 aliphatic rings. The minimum atomic E-state index is -2.95. The lowest BCUT2D eigenvalue weighted by Gasteiger charge is -2.10. The van der Waals surface area contributed by atoms with Crippen molar-refractivity contribution in [3.8, 4) is 17.2 Å². The van der Waals surface area contributed by atoms with Gasteiger partial charge in [-0.25, -0.2) is 4.98 Å². The predicted molar refractivity (Wildman–Crippen MR) is 108 cm³/mol. The van der Waals surface area contributed by atoms with Crippen LogP contribution in [0.25, 0.3) is 16.3 Å². The number of anilines is 1. The lowest BCUT2D eigenvalue weighted by atomic mass is 10.2. The quantitative estimate of drug-likeness (QED) is 0.522. The molecule has 1 aromatic heterocycles. The highest BCUT2D eigenvalue weighted by Gasteiger charge is 2.11. The van der Waals surface area contributed by atoms with E-state index in [4.69, 9.17) is 9.47 Å². The Morgan fingerprint density at radius 3 is 2.79 bits per heavy atom. The van der Waals surface area contributed by atoms with Gasteiger partial charge in [0, 0.05) is 6.08 Å². The lowest BCUT2D eigenvalue weighted by Crippen LogP contribution is -2.07. The van der Waals surface area contributed by atoms with Crippen molar-refractivity contribution < 1.29 is 27.8 Å². The van der Waals surface area contributed by atoms with Crippen LogP contribution in [0, 0.1) is 0 Å². The third-order valence-electron chi connectivity index (χ3n) is 3.73. The van der Waals surface area contributed by atoms with Gasteiger partial charge in [-0.15, -0.1) is 0 Å². The van der Waals surface area contributed by atoms with E-state index >= 15 is 0 Å². The summed E-state index contributed by atoms with van der Waals surface area (Å²) in [4.78, 5) is 16.6. The molecule has 0 aliphatic heterocycles. The number of hydrogen-bond acceptors (Lipinski definition) is 6. The first-order valence-corrected chi connectivity index (χ1v) is 9.45. The summed E-state index contributed by atoms with van der Waals surface area (Å²) in [6.45, 7) is -0.475. The monoisotopic (exact) mass is 420 g/mol. The molecule has 3 aromatic rings. The van der Waals surface area contributed by atoms with Crippen molar-refractivity contribution in [1.82, 2.24) is 4.98 Å². The van der Waals surface area contributed by atoms with Gasteiger partial charge in [-0.05, 0) is 48.9 Å². The zero-order chi connectivity index (χ0) is 20.8. The number of carbonyl (C=O) groups excluding carboxylic acids is 1. The average molecular weight is 420 g/mol. The minimum Gasteiger partial charge on any atom is -0.494 e. The Labute approximate surface area is 169 Å². The molecule has 6 nitrogen and oxygen atoms in total. The number of fused-ring (bicyclic) bond motifs is 1. The summed E-state index contributed by atoms with van der Waals surface area (Å²) in [5.41, 5.74) is 1.35. The van der Waals surface area contributed by atoms with E-state index in [1.165, 1.54) is 48.8 Å². The number of thiazole rings is 1. The molecule has 29 heavy (non-hydrogen) atoms. The van der Waals surface area contributed by atoms with E-state index in [2.05, 4.69) is 15.0 Å². The van der Waals surface area contributed by atoms with Crippen molar-refractivity contribution in [2.45, 2.75) is 13.5 Å². The van der Waals surface area contributed by atoms with E-state index in [9.17, 15) is 13.6 Å². The third kappa shape index (κ3) is 5.41. The van der Waals surface area contributed by atoms with Gasteiger partial charge in [0.15, 0.2) is 16.6 Å². The Hall–Kier alpha value is -3.20. The normalized spacial score (nSPS) is 11.2. The van der Waals surface area contributed by atoms with Gasteiger partial charge in [0.05, 0.1) is 23.9 Å². The highest BCUT2D eigenvalue weighted by molar-refractivity contribution is 7.22. The summed E-state index contributed by atoms with van der Waals surface area (Å²) in [7, 11) is 1.35. The van der Waals surface area contributed by atoms with Crippen LogP contribution in [0.2, 0.25) is 0 Å². The maximum Gasteiger partial charge on any atom is 0.387 e. The number of amides is 1. The molecule has 2 aromatic carbocycles. The van der Waals surface area contributed by atoms with Crippen LogP contribution >= 0.6 is 11.3 Å². The summed E-state index contributed by atoms with van der Waals surface area (Å²) in [6.07, 6.45) is 2.85. The maximum absolute atomic E-state index is 12.4. The Morgan fingerprint density at radius 2 is 2.07 bits per heavy atom. The van der Waals surface area contributed by atoms with Crippen LogP contribution in [0.5, 0.6) is 17.2 Å². The molecular weight excluding hydrogens is 402 g/mol. The van der Waals surface area contributed by atoms with E-state index in [0.29, 0.717) is 17.3 Å². The number of carbonyl (C=O) groups is 1. The molecule has 0 unspecified atom stereocenters. The minimum absolute atomic E-state index is 0.0787. The molecule has 0 saturated carbocycles. The standard InChI is InChI=1S/C20H18F2N2O4S/c1-3-27-13-6-7-14-17(11-13)29-20(23-14)24-18(25)9-5-12-4-8-15(28-19(21)22)16(10-12)26-2/h4-11,19H,3H2,1-2H3,(H,23,24,25). The largest absolute Gasteiger partial charge is 0.494 e. The molecule has 0 aliphatic carbocycles. The molecule has 0 atom stereocenters. The zero-order valence-electron chi connectivity index (χ0n) is 15.6. The second-order valence-corrected chi connectivity index (χ2v) is 6.72. The van der Waals surface area contributed by atoms with Crippen LogP contribution in [0.4, 0.5) is 13.9 Å². The molecule has 0 spiro atoms. The molecule has 1 heterocycles. The summed E-state index contributed by atoms with van der Waals surface area (Å²) in [6, 6.07) is 9.91. The van der Waals surface area contributed by atoms with Crippen LogP contribution in [0.3, 0.4) is 0 Å². The van der Waals surface area contributed by atoms with E-state index in [0.717, 1.165) is 16.0 Å². The summed E-state index contributed by atoms with van der Waals surface area (Å²) in [5, 5.41) is 3.16. The topological polar surface area (TPSA) is 69.7 Å². The second-order valence-electron chi connectivity index (χ2n) is 5.69. The summed E-state index contributed by atoms with van der Waals surface area (Å²) < 4.78 is 40.5. The fourth-order valence-electron chi connectivity index (χ4n) is 2.52. The SMILES string of the molecule is CCOc1ccc2nc(NC(=O)C=Cc3ccc(OC(F)F)c(OC)c3)sc2c1. The van der Waals surface area contributed by atoms with Crippen molar-refractivity contribution in [1.29, 1.82) is 0 Å². The van der Waals surface area contributed by atoms with Crippen LogP contribution in [-0.2, 0) is 4.79 Å². The number of aromatic nitrogens is 1. The van der Waals surface area contributed by atoms with Crippen molar-refractivity contribution in [3.05, 3.63) is 48.0 Å². The van der Waals surface area contributed by atoms with Gasteiger partial charge in [0.2, 0.25) is 5.91 Å². The molecule has 0 radical (unpaired) electrons. The number of methoxy groups -OCH3 is 1. The van der Waals surface area contributed by atoms with E-state index in [1.54, 1.807) is 0 Å². The van der Waals surface area contributed by atoms with Gasteiger partial charge in [0.25, 0.3) is 0 Å². The number of benzene rings is 2. The van der Waals surface area contributed by atoms with Crippen LogP contribution < -0.4 is 19.5 Å². The first kappa shape index (κ1) is 20.5. The molecule has 0 fully saturated rings. The van der Waals surface area contributed by atoms with E-state index < -0.39 is 6.61 Å². The smallest absolute Gasteiger partial charge is 0.387 e. The number of alkyl halides is 2. The third-order valence-corrected chi connectivity index (χ3v) is 4.67. The van der Waals surface area contributed by atoms with E-state index in [1.807, 2.05) is 25.1 Å². The van der Waals surface area contributed by atoms with Crippen LogP contribution in [-0.4, -0.2) is 31.2 Å². The molecule has 152 valence electrons. The molecule has 0 bridgehead atoms. The van der Waals surface area contributed by atoms with Crippen molar-refractivity contribution in [3.63, 3.8) is 0 Å². The molecule has 1 N–H and O–H groups in total. The number of nitrogens with one attached hydrogen (secondary N) is 1. The number of halogens is 2. The Bertz CT molecular complexity index is 1040. The average Bonchev–Trinajstić information content (AvgIpc) is 3.08. The van der Waals surface area contributed by atoms with Crippen molar-refractivity contribution in [2.24, 2.45) is 0 Å². The molecule has 0 saturated heterocycles. The molecular formula is C20H18F2N2O4S. The second kappa shape index (κ2) is 9.33. The van der Waals surface area contributed by atoms with Crippen LogP contribution in [0.15, 0.2) is 42.5 Å². The Balaban J connectivity index is 1.68. The molecule has 9 heteroatoms. The number of ether oxygens (including phenoxy) is 3. The zero-order valence-corrected chi connectivity index (χ0v) is 16.5. The number of hydrogen-bond donors (Lipinski definition) is 1. The Kier molecular flexibility index (Phi) is 6.61. The molecule has 1 amide bonds. The first-order chi connectivity index (χ1) is 14.0. The number of nitrogens with zero attached hydrogens (tertiary/aromatic N) is 1. The lowest BCUT2D eigenvalue weighted by molar-refractivity contribution is -0.111. The van der Waals surface area contributed by atoms with Gasteiger partial charge in [-0.2, -0.15) is 8.78 Å². The van der Waals surface area contributed by atoms with Gasteiger partial charge in [-0.3, -0.25) is 10.1 Å². The van der Waals surface area contributed by atoms with Gasteiger partial charge in [-0.1, -0.05) is 17.4 Å². The van der Waals surface area contributed by atoms with E-state index in [-0.39, 0.29) is 17.4 Å². The highest BCUT2D eigenvalue weighted by Crippen LogP contribution is 2.31. The van der Waals surface area contributed by atoms with Gasteiger partial charge in [0.1, 0.15) is 5.75 Å².